The van der Waals surface area contributed by atoms with Gasteiger partial charge in [-0.2, -0.15) is 0 Å². The van der Waals surface area contributed by atoms with Gasteiger partial charge >= 0.3 is 6.03 Å². The van der Waals surface area contributed by atoms with Crippen LogP contribution < -0.4 is 11.1 Å². The summed E-state index contributed by atoms with van der Waals surface area (Å²) in [6, 6.07) is 18.4. The molecule has 0 aliphatic carbocycles. The van der Waals surface area contributed by atoms with E-state index in [0.29, 0.717) is 32.6 Å². The van der Waals surface area contributed by atoms with Crippen LogP contribution in [-0.4, -0.2) is 53.8 Å². The number of urea groups is 1. The highest BCUT2D eigenvalue weighted by Crippen LogP contribution is 2.36. The summed E-state index contributed by atoms with van der Waals surface area (Å²) in [6.07, 6.45) is 1.88. The number of amides is 4. The topological polar surface area (TPSA) is 95.7 Å². The molecule has 2 saturated heterocycles. The van der Waals surface area contributed by atoms with E-state index in [1.54, 1.807) is 0 Å². The third-order valence-corrected chi connectivity index (χ3v) is 6.29. The fourth-order valence-corrected chi connectivity index (χ4v) is 4.58. The molecule has 4 amide bonds. The smallest absolute Gasteiger partial charge is 0.325 e. The molecule has 2 aromatic rings. The molecular formula is C24H28N4O3. The van der Waals surface area contributed by atoms with E-state index in [1.165, 1.54) is 4.90 Å². The molecule has 0 radical (unpaired) electrons. The molecular weight excluding hydrogens is 392 g/mol. The minimum Gasteiger partial charge on any atom is -0.343 e. The maximum atomic E-state index is 13.7. The van der Waals surface area contributed by atoms with Crippen LogP contribution >= 0.6 is 0 Å². The number of carbonyl (C=O) groups excluding carboxylic acids is 3. The van der Waals surface area contributed by atoms with E-state index in [-0.39, 0.29) is 23.8 Å². The number of nitrogens with two attached hydrogens (primary N) is 1. The van der Waals surface area contributed by atoms with Crippen molar-refractivity contribution in [3.8, 4) is 0 Å². The predicted octanol–water partition coefficient (Wildman–Crippen LogP) is 2.07. The predicted molar refractivity (Wildman–Crippen MR) is 117 cm³/mol. The number of rotatable bonds is 6. The van der Waals surface area contributed by atoms with E-state index in [4.69, 9.17) is 5.73 Å². The van der Waals surface area contributed by atoms with Crippen molar-refractivity contribution in [2.24, 2.45) is 11.7 Å². The van der Waals surface area contributed by atoms with E-state index in [0.717, 1.165) is 24.0 Å². The quantitative estimate of drug-likeness (QED) is 0.700. The Hall–Kier alpha value is -3.19. The Bertz CT molecular complexity index is 900. The lowest BCUT2D eigenvalue weighted by molar-refractivity contribution is -0.134. The molecule has 2 aliphatic heterocycles. The molecule has 162 valence electrons. The third-order valence-electron chi connectivity index (χ3n) is 6.29. The first-order chi connectivity index (χ1) is 15.1. The van der Waals surface area contributed by atoms with Gasteiger partial charge in [0, 0.05) is 32.6 Å². The van der Waals surface area contributed by atoms with Crippen LogP contribution in [0.3, 0.4) is 0 Å². The standard InChI is InChI=1S/C24H28N4O3/c25-14-11-21(29)27-15-12-18(13-16-27)17-28-22(30)24(26-23(28)31,19-7-3-1-4-8-19)20-9-5-2-6-10-20/h1-10,18H,11-17,25H2,(H,26,31). The second-order valence-corrected chi connectivity index (χ2v) is 8.19. The summed E-state index contributed by atoms with van der Waals surface area (Å²) < 4.78 is 0. The molecule has 4 rings (SSSR count). The Kier molecular flexibility index (Phi) is 6.04. The van der Waals surface area contributed by atoms with Crippen LogP contribution in [0.4, 0.5) is 4.79 Å². The van der Waals surface area contributed by atoms with E-state index in [2.05, 4.69) is 5.32 Å². The van der Waals surface area contributed by atoms with Crippen molar-refractivity contribution in [2.75, 3.05) is 26.2 Å². The largest absolute Gasteiger partial charge is 0.343 e. The number of imide groups is 1. The van der Waals surface area contributed by atoms with Crippen LogP contribution in [-0.2, 0) is 15.1 Å². The molecule has 0 aromatic heterocycles. The van der Waals surface area contributed by atoms with Crippen LogP contribution in [0.1, 0.15) is 30.4 Å². The zero-order chi connectivity index (χ0) is 21.8. The molecule has 3 N–H and O–H groups in total. The van der Waals surface area contributed by atoms with Gasteiger partial charge < -0.3 is 16.0 Å². The number of nitrogens with one attached hydrogen (secondary N) is 1. The lowest BCUT2D eigenvalue weighted by atomic mass is 9.82. The van der Waals surface area contributed by atoms with Crippen molar-refractivity contribution in [1.29, 1.82) is 0 Å². The van der Waals surface area contributed by atoms with Crippen molar-refractivity contribution in [1.82, 2.24) is 15.1 Å². The summed E-state index contributed by atoms with van der Waals surface area (Å²) in [6.45, 7) is 1.97. The average Bonchev–Trinajstić information content (AvgIpc) is 3.06. The SMILES string of the molecule is NCCC(=O)N1CCC(CN2C(=O)NC(c3ccccc3)(c3ccccc3)C2=O)CC1. The number of hydrogen-bond donors (Lipinski definition) is 2. The van der Waals surface area contributed by atoms with Gasteiger partial charge in [0.1, 0.15) is 0 Å². The van der Waals surface area contributed by atoms with Gasteiger partial charge in [0.15, 0.2) is 5.54 Å². The number of piperidine rings is 1. The number of benzene rings is 2. The Morgan fingerprint density at radius 1 is 0.968 bits per heavy atom. The lowest BCUT2D eigenvalue weighted by Crippen LogP contribution is -2.46. The second kappa shape index (κ2) is 8.89. The molecule has 0 spiro atoms. The summed E-state index contributed by atoms with van der Waals surface area (Å²) in [4.78, 5) is 42.0. The second-order valence-electron chi connectivity index (χ2n) is 8.19. The normalized spacial score (nSPS) is 18.9. The van der Waals surface area contributed by atoms with E-state index in [9.17, 15) is 14.4 Å². The fraction of sp³-hybridized carbons (Fsp3) is 0.375. The highest BCUT2D eigenvalue weighted by atomic mass is 16.2. The van der Waals surface area contributed by atoms with Crippen molar-refractivity contribution >= 4 is 17.8 Å². The van der Waals surface area contributed by atoms with Gasteiger partial charge in [0.2, 0.25) is 5.91 Å². The first-order valence-electron chi connectivity index (χ1n) is 10.8. The van der Waals surface area contributed by atoms with E-state index in [1.807, 2.05) is 65.6 Å². The molecule has 7 nitrogen and oxygen atoms in total. The van der Waals surface area contributed by atoms with Crippen molar-refractivity contribution in [3.63, 3.8) is 0 Å². The first kappa shape index (κ1) is 21.1. The minimum absolute atomic E-state index is 0.0723. The Labute approximate surface area is 182 Å². The molecule has 0 bridgehead atoms. The van der Waals surface area contributed by atoms with Crippen molar-refractivity contribution in [3.05, 3.63) is 71.8 Å². The molecule has 0 saturated carbocycles. The number of nitrogens with zero attached hydrogens (tertiary/aromatic N) is 2. The van der Waals surface area contributed by atoms with Crippen LogP contribution in [0.25, 0.3) is 0 Å². The maximum Gasteiger partial charge on any atom is 0.325 e. The van der Waals surface area contributed by atoms with Gasteiger partial charge in [-0.3, -0.25) is 14.5 Å². The summed E-state index contributed by atoms with van der Waals surface area (Å²) in [5.74, 6) is -0.0152. The Balaban J connectivity index is 1.54. The monoisotopic (exact) mass is 420 g/mol. The summed E-state index contributed by atoms with van der Waals surface area (Å²) in [5.41, 5.74) is 5.74. The van der Waals surface area contributed by atoms with Crippen molar-refractivity contribution in [2.45, 2.75) is 24.8 Å². The van der Waals surface area contributed by atoms with Crippen LogP contribution in [0.15, 0.2) is 60.7 Å². The zero-order valence-electron chi connectivity index (χ0n) is 17.5. The molecule has 0 atom stereocenters. The van der Waals surface area contributed by atoms with Crippen molar-refractivity contribution < 1.29 is 14.4 Å². The maximum absolute atomic E-state index is 13.7. The third kappa shape index (κ3) is 3.93. The van der Waals surface area contributed by atoms with Gasteiger partial charge in [-0.25, -0.2) is 4.79 Å². The summed E-state index contributed by atoms with van der Waals surface area (Å²) in [5, 5.41) is 2.99. The van der Waals surface area contributed by atoms with Gasteiger partial charge in [-0.15, -0.1) is 0 Å². The molecule has 7 heteroatoms. The van der Waals surface area contributed by atoms with Gasteiger partial charge in [-0.1, -0.05) is 60.7 Å². The van der Waals surface area contributed by atoms with Gasteiger partial charge in [-0.05, 0) is 29.9 Å². The van der Waals surface area contributed by atoms with Crippen LogP contribution in [0, 0.1) is 5.92 Å². The molecule has 2 aromatic carbocycles. The van der Waals surface area contributed by atoms with Crippen LogP contribution in [0.5, 0.6) is 0 Å². The molecule has 2 aliphatic rings. The summed E-state index contributed by atoms with van der Waals surface area (Å²) in [7, 11) is 0. The molecule has 2 fully saturated rings. The average molecular weight is 421 g/mol. The van der Waals surface area contributed by atoms with Crippen LogP contribution in [0.2, 0.25) is 0 Å². The number of likely N-dealkylation sites (tertiary alicyclic amines) is 1. The van der Waals surface area contributed by atoms with E-state index < -0.39 is 5.54 Å². The Morgan fingerprint density at radius 3 is 2.03 bits per heavy atom. The minimum atomic E-state index is -1.22. The summed E-state index contributed by atoms with van der Waals surface area (Å²) >= 11 is 0. The van der Waals surface area contributed by atoms with Gasteiger partial charge in [0.25, 0.3) is 5.91 Å². The number of carbonyl (C=O) groups is 3. The molecule has 31 heavy (non-hydrogen) atoms. The highest BCUT2D eigenvalue weighted by Gasteiger charge is 2.53. The molecule has 0 unspecified atom stereocenters. The van der Waals surface area contributed by atoms with Gasteiger partial charge in [0.05, 0.1) is 0 Å². The molecule has 2 heterocycles. The highest BCUT2D eigenvalue weighted by molar-refractivity contribution is 6.09. The zero-order valence-corrected chi connectivity index (χ0v) is 17.5. The lowest BCUT2D eigenvalue weighted by Gasteiger charge is -2.33. The Morgan fingerprint density at radius 2 is 1.52 bits per heavy atom. The fourth-order valence-electron chi connectivity index (χ4n) is 4.58. The number of hydrogen-bond acceptors (Lipinski definition) is 4. The first-order valence-corrected chi connectivity index (χ1v) is 10.8. The van der Waals surface area contributed by atoms with E-state index >= 15 is 0 Å².